The van der Waals surface area contributed by atoms with Gasteiger partial charge < -0.3 is 19.7 Å². The molecule has 0 spiro atoms. The summed E-state index contributed by atoms with van der Waals surface area (Å²) in [6.07, 6.45) is 0.690. The predicted molar refractivity (Wildman–Crippen MR) is 94.5 cm³/mol. The monoisotopic (exact) mass is 353 g/mol. The molecule has 0 aliphatic rings. The number of hydrogen-bond acceptors (Lipinski definition) is 6. The van der Waals surface area contributed by atoms with Crippen molar-refractivity contribution >= 4 is 5.91 Å². The van der Waals surface area contributed by atoms with Gasteiger partial charge in [0.15, 0.2) is 5.76 Å². The van der Waals surface area contributed by atoms with E-state index in [0.29, 0.717) is 17.0 Å². The van der Waals surface area contributed by atoms with Crippen LogP contribution >= 0.6 is 0 Å². The summed E-state index contributed by atoms with van der Waals surface area (Å²) in [6, 6.07) is 12.5. The van der Waals surface area contributed by atoms with Gasteiger partial charge in [-0.2, -0.15) is 0 Å². The summed E-state index contributed by atoms with van der Waals surface area (Å²) in [5, 5.41) is 16.7. The molecule has 0 saturated carbocycles. The molecule has 0 bridgehead atoms. The van der Waals surface area contributed by atoms with Gasteiger partial charge in [-0.15, -0.1) is 0 Å². The maximum atomic E-state index is 12.7. The third-order valence-electron chi connectivity index (χ3n) is 3.84. The molecule has 134 valence electrons. The number of amides is 1. The molecular formula is C19H19N3O4. The van der Waals surface area contributed by atoms with E-state index < -0.39 is 12.0 Å². The fourth-order valence-corrected chi connectivity index (χ4v) is 2.52. The topological polar surface area (TPSA) is 97.5 Å². The molecule has 2 heterocycles. The molecule has 2 aromatic heterocycles. The van der Waals surface area contributed by atoms with Crippen LogP contribution in [0.5, 0.6) is 5.75 Å². The number of ether oxygens (including phenoxy) is 1. The van der Waals surface area contributed by atoms with E-state index >= 15 is 0 Å². The first-order chi connectivity index (χ1) is 12.6. The molecular weight excluding hydrogens is 334 g/mol. The van der Waals surface area contributed by atoms with Crippen molar-refractivity contribution < 1.29 is 19.2 Å². The minimum atomic E-state index is -0.968. The van der Waals surface area contributed by atoms with Crippen LogP contribution in [0.1, 0.15) is 34.8 Å². The van der Waals surface area contributed by atoms with Crippen LogP contribution in [0.4, 0.5) is 0 Å². The van der Waals surface area contributed by atoms with Gasteiger partial charge in [0.2, 0.25) is 0 Å². The smallest absolute Gasteiger partial charge is 0.257 e. The van der Waals surface area contributed by atoms with Crippen molar-refractivity contribution in [1.82, 2.24) is 15.5 Å². The third kappa shape index (κ3) is 3.73. The number of hydrogen-bond donors (Lipinski definition) is 2. The fourth-order valence-electron chi connectivity index (χ4n) is 2.52. The van der Waals surface area contributed by atoms with Crippen molar-refractivity contribution in [3.05, 3.63) is 65.7 Å². The Kier molecular flexibility index (Phi) is 5.28. The van der Waals surface area contributed by atoms with Gasteiger partial charge in [0.05, 0.1) is 19.3 Å². The average molecular weight is 353 g/mol. The number of aliphatic hydroxyl groups is 1. The summed E-state index contributed by atoms with van der Waals surface area (Å²) in [6.45, 7) is 1.78. The highest BCUT2D eigenvalue weighted by Crippen LogP contribution is 2.30. The van der Waals surface area contributed by atoms with E-state index in [1.54, 1.807) is 43.6 Å². The molecule has 2 N–H and O–H groups in total. The first-order valence-electron chi connectivity index (χ1n) is 8.10. The SMILES string of the molecule is COc1ccc(-c2noc(C(C)O)c2C(=O)NCc2ccccn2)cc1. The standard InChI is InChI=1S/C19H19N3O4/c1-12(23)18-16(19(24)21-11-14-5-3-4-10-20-14)17(22-26-18)13-6-8-15(25-2)9-7-13/h3-10,12,23H,11H2,1-2H3,(H,21,24). The Labute approximate surface area is 150 Å². The summed E-state index contributed by atoms with van der Waals surface area (Å²) in [5.41, 5.74) is 1.98. The summed E-state index contributed by atoms with van der Waals surface area (Å²) in [4.78, 5) is 16.9. The fraction of sp³-hybridized carbons (Fsp3) is 0.211. The van der Waals surface area contributed by atoms with Crippen molar-refractivity contribution in [3.8, 4) is 17.0 Å². The van der Waals surface area contributed by atoms with Gasteiger partial charge in [0.25, 0.3) is 5.91 Å². The number of aliphatic hydroxyl groups excluding tert-OH is 1. The largest absolute Gasteiger partial charge is 0.497 e. The number of rotatable bonds is 6. The maximum Gasteiger partial charge on any atom is 0.257 e. The summed E-state index contributed by atoms with van der Waals surface area (Å²) in [5.74, 6) is 0.419. The van der Waals surface area contributed by atoms with E-state index in [-0.39, 0.29) is 17.9 Å². The second kappa shape index (κ2) is 7.79. The average Bonchev–Trinajstić information content (AvgIpc) is 3.12. The second-order valence-electron chi connectivity index (χ2n) is 5.68. The first kappa shape index (κ1) is 17.6. The van der Waals surface area contributed by atoms with Crippen LogP contribution in [0.25, 0.3) is 11.3 Å². The minimum absolute atomic E-state index is 0.120. The van der Waals surface area contributed by atoms with Crippen LogP contribution in [0.15, 0.2) is 53.2 Å². The van der Waals surface area contributed by atoms with Gasteiger partial charge >= 0.3 is 0 Å². The number of nitrogens with one attached hydrogen (secondary N) is 1. The molecule has 1 unspecified atom stereocenters. The van der Waals surface area contributed by atoms with Crippen molar-refractivity contribution in [2.45, 2.75) is 19.6 Å². The predicted octanol–water partition coefficient (Wildman–Crippen LogP) is 2.73. The molecule has 0 aliphatic carbocycles. The van der Waals surface area contributed by atoms with E-state index in [1.807, 2.05) is 12.1 Å². The molecule has 3 aromatic rings. The lowest BCUT2D eigenvalue weighted by molar-refractivity contribution is 0.0937. The Balaban J connectivity index is 1.90. The van der Waals surface area contributed by atoms with Crippen molar-refractivity contribution in [2.24, 2.45) is 0 Å². The van der Waals surface area contributed by atoms with Crippen LogP contribution in [0, 0.1) is 0 Å². The van der Waals surface area contributed by atoms with E-state index in [9.17, 15) is 9.90 Å². The lowest BCUT2D eigenvalue weighted by atomic mass is 10.0. The van der Waals surface area contributed by atoms with Gasteiger partial charge in [-0.25, -0.2) is 0 Å². The zero-order valence-electron chi connectivity index (χ0n) is 14.5. The quantitative estimate of drug-likeness (QED) is 0.707. The van der Waals surface area contributed by atoms with Gasteiger partial charge in [-0.05, 0) is 43.3 Å². The highest BCUT2D eigenvalue weighted by atomic mass is 16.5. The molecule has 1 atom stereocenters. The molecule has 0 radical (unpaired) electrons. The molecule has 7 nitrogen and oxygen atoms in total. The van der Waals surface area contributed by atoms with Crippen molar-refractivity contribution in [3.63, 3.8) is 0 Å². The summed E-state index contributed by atoms with van der Waals surface area (Å²) in [7, 11) is 1.58. The molecule has 1 amide bonds. The zero-order valence-corrected chi connectivity index (χ0v) is 14.5. The van der Waals surface area contributed by atoms with Crippen LogP contribution in [0.3, 0.4) is 0 Å². The number of carbonyl (C=O) groups is 1. The molecule has 3 rings (SSSR count). The highest BCUT2D eigenvalue weighted by Gasteiger charge is 2.26. The molecule has 1 aromatic carbocycles. The Morgan fingerprint density at radius 2 is 2.04 bits per heavy atom. The summed E-state index contributed by atoms with van der Waals surface area (Å²) >= 11 is 0. The van der Waals surface area contributed by atoms with Crippen LogP contribution in [-0.4, -0.2) is 28.3 Å². The van der Waals surface area contributed by atoms with Crippen molar-refractivity contribution in [2.75, 3.05) is 7.11 Å². The van der Waals surface area contributed by atoms with E-state index in [2.05, 4.69) is 15.5 Å². The molecule has 0 fully saturated rings. The number of aromatic nitrogens is 2. The molecule has 7 heteroatoms. The normalized spacial score (nSPS) is 11.8. The number of benzene rings is 1. The lowest BCUT2D eigenvalue weighted by Crippen LogP contribution is -2.24. The Morgan fingerprint density at radius 1 is 1.27 bits per heavy atom. The van der Waals surface area contributed by atoms with Crippen LogP contribution < -0.4 is 10.1 Å². The first-order valence-corrected chi connectivity index (χ1v) is 8.10. The van der Waals surface area contributed by atoms with Crippen LogP contribution in [0.2, 0.25) is 0 Å². The van der Waals surface area contributed by atoms with E-state index in [4.69, 9.17) is 9.26 Å². The summed E-state index contributed by atoms with van der Waals surface area (Å²) < 4.78 is 10.4. The Bertz CT molecular complexity index is 874. The Hall–Kier alpha value is -3.19. The van der Waals surface area contributed by atoms with Crippen molar-refractivity contribution in [1.29, 1.82) is 0 Å². The molecule has 26 heavy (non-hydrogen) atoms. The van der Waals surface area contributed by atoms with E-state index in [0.717, 1.165) is 5.69 Å². The van der Waals surface area contributed by atoms with Gasteiger partial charge in [-0.1, -0.05) is 11.2 Å². The number of carbonyl (C=O) groups excluding carboxylic acids is 1. The minimum Gasteiger partial charge on any atom is -0.497 e. The Morgan fingerprint density at radius 3 is 2.65 bits per heavy atom. The molecule has 0 aliphatic heterocycles. The van der Waals surface area contributed by atoms with Gasteiger partial charge in [0.1, 0.15) is 23.1 Å². The third-order valence-corrected chi connectivity index (χ3v) is 3.84. The number of nitrogens with zero attached hydrogens (tertiary/aromatic N) is 2. The molecule has 0 saturated heterocycles. The maximum absolute atomic E-state index is 12.7. The number of methoxy groups -OCH3 is 1. The highest BCUT2D eigenvalue weighted by molar-refractivity contribution is 6.00. The lowest BCUT2D eigenvalue weighted by Gasteiger charge is -2.08. The van der Waals surface area contributed by atoms with Gasteiger partial charge in [-0.3, -0.25) is 9.78 Å². The second-order valence-corrected chi connectivity index (χ2v) is 5.68. The van der Waals surface area contributed by atoms with E-state index in [1.165, 1.54) is 6.92 Å². The number of pyridine rings is 1. The zero-order chi connectivity index (χ0) is 18.5. The van der Waals surface area contributed by atoms with Crippen LogP contribution in [-0.2, 0) is 6.54 Å². The van der Waals surface area contributed by atoms with Gasteiger partial charge in [0, 0.05) is 11.8 Å².